The van der Waals surface area contributed by atoms with E-state index in [2.05, 4.69) is 11.7 Å². The Balaban J connectivity index is 2.66. The molecule has 0 aromatic heterocycles. The second kappa shape index (κ2) is 11.8. The molecule has 0 saturated heterocycles. The quantitative estimate of drug-likeness (QED) is 0.126. The van der Waals surface area contributed by atoms with Crippen LogP contribution in [-0.2, 0) is 9.53 Å². The molecule has 1 aliphatic carbocycles. The fourth-order valence-corrected chi connectivity index (χ4v) is 3.92. The SMILES string of the molecule is CCCCCC1CCC(CCC(=O)OCC(F)(F)C(F)(F)C(F)(F)C(F)(F)C(F)(F)C(F)F)CC1. The van der Waals surface area contributed by atoms with Crippen molar-refractivity contribution in [2.75, 3.05) is 6.61 Å². The van der Waals surface area contributed by atoms with Crippen LogP contribution in [0.15, 0.2) is 0 Å². The van der Waals surface area contributed by atoms with Gasteiger partial charge < -0.3 is 4.74 Å². The van der Waals surface area contributed by atoms with Crippen molar-refractivity contribution in [2.24, 2.45) is 11.8 Å². The minimum atomic E-state index is -7.62. The molecule has 0 aromatic carbocycles. The predicted octanol–water partition coefficient (Wildman–Crippen LogP) is 8.14. The standard InChI is InChI=1S/C21H28F12O2/c1-2-3-4-5-13-6-8-14(9-7-13)10-11-15(34)35-12-17(24,25)19(28,29)21(32,33)20(30,31)18(26,27)16(22)23/h13-14,16H,2-12H2,1H3. The second-order valence-electron chi connectivity index (χ2n) is 8.93. The van der Waals surface area contributed by atoms with Crippen LogP contribution in [0.25, 0.3) is 0 Å². The van der Waals surface area contributed by atoms with Gasteiger partial charge in [0, 0.05) is 6.42 Å². The third-order valence-electron chi connectivity index (χ3n) is 6.29. The highest BCUT2D eigenvalue weighted by Crippen LogP contribution is 2.58. The number of carbonyl (C=O) groups excluding carboxylic acids is 1. The maximum absolute atomic E-state index is 13.7. The first kappa shape index (κ1) is 31.7. The second-order valence-corrected chi connectivity index (χ2v) is 8.93. The molecular weight excluding hydrogens is 512 g/mol. The van der Waals surface area contributed by atoms with Crippen molar-refractivity contribution < 1.29 is 62.2 Å². The summed E-state index contributed by atoms with van der Waals surface area (Å²) in [6, 6.07) is 0. The van der Waals surface area contributed by atoms with Gasteiger partial charge in [-0.2, -0.15) is 43.9 Å². The van der Waals surface area contributed by atoms with Crippen LogP contribution in [0.1, 0.15) is 71.1 Å². The van der Waals surface area contributed by atoms with Crippen molar-refractivity contribution in [2.45, 2.75) is 107 Å². The van der Waals surface area contributed by atoms with Gasteiger partial charge in [0.05, 0.1) is 0 Å². The lowest BCUT2D eigenvalue weighted by Crippen LogP contribution is -2.69. The van der Waals surface area contributed by atoms with Crippen LogP contribution >= 0.6 is 0 Å². The Bertz CT molecular complexity index is 673. The zero-order chi connectivity index (χ0) is 27.3. The fraction of sp³-hybridized carbons (Fsp3) is 0.952. The third-order valence-corrected chi connectivity index (χ3v) is 6.29. The lowest BCUT2D eigenvalue weighted by Gasteiger charge is -2.38. The Morgan fingerprint density at radius 2 is 1.26 bits per heavy atom. The normalized spacial score (nSPS) is 20.9. The Labute approximate surface area is 194 Å². The number of rotatable bonds is 14. The largest absolute Gasteiger partial charge is 0.459 e. The van der Waals surface area contributed by atoms with Crippen LogP contribution in [0.3, 0.4) is 0 Å². The summed E-state index contributed by atoms with van der Waals surface area (Å²) in [7, 11) is 0. The van der Waals surface area contributed by atoms with Gasteiger partial charge in [-0.25, -0.2) is 8.78 Å². The van der Waals surface area contributed by atoms with Crippen molar-refractivity contribution in [3.8, 4) is 0 Å². The van der Waals surface area contributed by atoms with Crippen LogP contribution in [0.5, 0.6) is 0 Å². The maximum Gasteiger partial charge on any atom is 0.384 e. The first-order valence-electron chi connectivity index (χ1n) is 11.2. The number of halogens is 12. The van der Waals surface area contributed by atoms with Gasteiger partial charge in [0.15, 0.2) is 6.61 Å². The van der Waals surface area contributed by atoms with E-state index in [-0.39, 0.29) is 12.3 Å². The molecule has 14 heteroatoms. The average molecular weight is 540 g/mol. The molecule has 1 aliphatic rings. The number of unbranched alkanes of at least 4 members (excludes halogenated alkanes) is 2. The maximum atomic E-state index is 13.7. The molecule has 0 heterocycles. The number of carbonyl (C=O) groups is 1. The third kappa shape index (κ3) is 6.90. The van der Waals surface area contributed by atoms with Gasteiger partial charge >= 0.3 is 42.0 Å². The molecule has 35 heavy (non-hydrogen) atoms. The van der Waals surface area contributed by atoms with Crippen molar-refractivity contribution in [1.29, 1.82) is 0 Å². The monoisotopic (exact) mass is 540 g/mol. The molecule has 0 atom stereocenters. The lowest BCUT2D eigenvalue weighted by molar-refractivity contribution is -0.414. The topological polar surface area (TPSA) is 26.3 Å². The van der Waals surface area contributed by atoms with E-state index in [1.54, 1.807) is 0 Å². The van der Waals surface area contributed by atoms with Gasteiger partial charge in [-0.3, -0.25) is 4.79 Å². The molecule has 1 saturated carbocycles. The highest BCUT2D eigenvalue weighted by atomic mass is 19.4. The highest BCUT2D eigenvalue weighted by molar-refractivity contribution is 5.69. The lowest BCUT2D eigenvalue weighted by atomic mass is 9.78. The summed E-state index contributed by atoms with van der Waals surface area (Å²) < 4.78 is 161. The number of esters is 1. The molecule has 0 aliphatic heterocycles. The molecule has 0 radical (unpaired) electrons. The van der Waals surface area contributed by atoms with E-state index >= 15 is 0 Å². The van der Waals surface area contributed by atoms with E-state index in [0.717, 1.165) is 51.4 Å². The van der Waals surface area contributed by atoms with Gasteiger partial charge in [-0.15, -0.1) is 0 Å². The van der Waals surface area contributed by atoms with Crippen molar-refractivity contribution in [3.63, 3.8) is 0 Å². The summed E-state index contributed by atoms with van der Waals surface area (Å²) in [5.74, 6) is -36.8. The van der Waals surface area contributed by atoms with Crippen LogP contribution in [-0.4, -0.2) is 48.6 Å². The van der Waals surface area contributed by atoms with Gasteiger partial charge in [0.25, 0.3) is 0 Å². The van der Waals surface area contributed by atoms with Gasteiger partial charge in [0.2, 0.25) is 0 Å². The molecule has 0 spiro atoms. The summed E-state index contributed by atoms with van der Waals surface area (Å²) in [6.07, 6.45) is 1.52. The van der Waals surface area contributed by atoms with Crippen LogP contribution in [0.4, 0.5) is 52.7 Å². The number of alkyl halides is 12. The summed E-state index contributed by atoms with van der Waals surface area (Å²) in [5, 5.41) is 0. The predicted molar refractivity (Wildman–Crippen MR) is 101 cm³/mol. The highest BCUT2D eigenvalue weighted by Gasteiger charge is 2.87. The van der Waals surface area contributed by atoms with Gasteiger partial charge in [0.1, 0.15) is 0 Å². The van der Waals surface area contributed by atoms with Crippen LogP contribution < -0.4 is 0 Å². The minimum absolute atomic E-state index is 0.00605. The molecule has 0 amide bonds. The summed E-state index contributed by atoms with van der Waals surface area (Å²) in [6.45, 7) is -0.769. The zero-order valence-corrected chi connectivity index (χ0v) is 18.9. The number of hydrogen-bond donors (Lipinski definition) is 0. The fourth-order valence-electron chi connectivity index (χ4n) is 3.92. The molecule has 0 bridgehead atoms. The molecule has 2 nitrogen and oxygen atoms in total. The van der Waals surface area contributed by atoms with E-state index in [9.17, 15) is 57.5 Å². The Morgan fingerprint density at radius 1 is 0.771 bits per heavy atom. The van der Waals surface area contributed by atoms with Crippen LogP contribution in [0, 0.1) is 11.8 Å². The molecule has 1 fully saturated rings. The van der Waals surface area contributed by atoms with Crippen molar-refractivity contribution >= 4 is 5.97 Å². The van der Waals surface area contributed by atoms with E-state index in [1.807, 2.05) is 0 Å². The molecule has 0 N–H and O–H groups in total. The van der Waals surface area contributed by atoms with Gasteiger partial charge in [-0.1, -0.05) is 58.3 Å². The Morgan fingerprint density at radius 3 is 1.71 bits per heavy atom. The molecular formula is C21H28F12O2. The first-order valence-corrected chi connectivity index (χ1v) is 11.2. The summed E-state index contributed by atoms with van der Waals surface area (Å²) in [4.78, 5) is 11.6. The van der Waals surface area contributed by atoms with E-state index < -0.39 is 55.0 Å². The molecule has 1 rings (SSSR count). The van der Waals surface area contributed by atoms with Gasteiger partial charge in [-0.05, 0) is 18.3 Å². The van der Waals surface area contributed by atoms with E-state index in [1.165, 1.54) is 0 Å². The Hall–Kier alpha value is -1.37. The minimum Gasteiger partial charge on any atom is -0.459 e. The first-order chi connectivity index (χ1) is 15.8. The Kier molecular flexibility index (Phi) is 10.7. The van der Waals surface area contributed by atoms with E-state index in [4.69, 9.17) is 0 Å². The summed E-state index contributed by atoms with van der Waals surface area (Å²) >= 11 is 0. The van der Waals surface area contributed by atoms with E-state index in [0.29, 0.717) is 5.92 Å². The zero-order valence-electron chi connectivity index (χ0n) is 18.9. The van der Waals surface area contributed by atoms with Crippen molar-refractivity contribution in [3.05, 3.63) is 0 Å². The molecule has 208 valence electrons. The molecule has 0 aromatic rings. The molecule has 0 unspecified atom stereocenters. The number of ether oxygens (including phenoxy) is 1. The average Bonchev–Trinajstić information content (AvgIpc) is 2.76. The van der Waals surface area contributed by atoms with Crippen LogP contribution in [0.2, 0.25) is 0 Å². The smallest absolute Gasteiger partial charge is 0.384 e. The van der Waals surface area contributed by atoms with Crippen molar-refractivity contribution in [1.82, 2.24) is 0 Å². The summed E-state index contributed by atoms with van der Waals surface area (Å²) in [5.41, 5.74) is 0. The number of hydrogen-bond acceptors (Lipinski definition) is 2.